The molecule has 5 rings (SSSR count). The van der Waals surface area contributed by atoms with Crippen LogP contribution in [-0.4, -0.2) is 56.9 Å². The number of rotatable bonds is 2. The van der Waals surface area contributed by atoms with Crippen LogP contribution in [0.2, 0.25) is 0 Å². The number of nitrogens with zero attached hydrogens (tertiary/aromatic N) is 5. The fourth-order valence-corrected chi connectivity index (χ4v) is 4.25. The van der Waals surface area contributed by atoms with E-state index in [1.165, 1.54) is 0 Å². The minimum absolute atomic E-state index is 0.0461. The number of ether oxygens (including phenoxy) is 1. The highest BCUT2D eigenvalue weighted by Crippen LogP contribution is 2.32. The first kappa shape index (κ1) is 21.0. The lowest BCUT2D eigenvalue weighted by atomic mass is 10.1. The van der Waals surface area contributed by atoms with Crippen molar-refractivity contribution >= 4 is 28.6 Å². The Morgan fingerprint density at radius 2 is 2.21 bits per heavy atom. The van der Waals surface area contributed by atoms with Crippen LogP contribution in [0.4, 0.5) is 11.4 Å². The van der Waals surface area contributed by atoms with E-state index in [1.54, 1.807) is 23.0 Å². The first-order valence-electron chi connectivity index (χ1n) is 11.1. The summed E-state index contributed by atoms with van der Waals surface area (Å²) in [6.45, 7) is 5.53. The van der Waals surface area contributed by atoms with Gasteiger partial charge in [-0.15, -0.1) is 0 Å². The Bertz CT molecular complexity index is 1280. The van der Waals surface area contributed by atoms with Crippen LogP contribution in [0.5, 0.6) is 5.88 Å². The van der Waals surface area contributed by atoms with Gasteiger partial charge in [0.2, 0.25) is 11.8 Å². The lowest BCUT2D eigenvalue weighted by Crippen LogP contribution is -2.40. The highest BCUT2D eigenvalue weighted by molar-refractivity contribution is 5.99. The molecular weight excluding hydrogens is 418 g/mol. The third-order valence-electron chi connectivity index (χ3n) is 6.25. The van der Waals surface area contributed by atoms with Gasteiger partial charge in [-0.3, -0.25) is 9.79 Å². The molecule has 0 spiro atoms. The van der Waals surface area contributed by atoms with Crippen molar-refractivity contribution in [2.75, 3.05) is 25.0 Å². The maximum atomic E-state index is 12.4. The maximum Gasteiger partial charge on any atom is 0.223 e. The molecule has 1 atom stereocenters. The lowest BCUT2D eigenvalue weighted by Gasteiger charge is -2.25. The number of fused-ring (bicyclic) bond motifs is 5. The SMILES string of the molecule is CC(=Nc1cc2cc(c1)-c1cnn3ccc(nc13)OCC1CCC(=O)N1CCN2)/C(C)=C\N. The lowest BCUT2D eigenvalue weighted by molar-refractivity contribution is -0.129. The molecular formula is C24H27N7O2. The molecule has 0 radical (unpaired) electrons. The molecule has 2 aromatic heterocycles. The van der Waals surface area contributed by atoms with E-state index in [4.69, 9.17) is 20.4 Å². The van der Waals surface area contributed by atoms with Crippen LogP contribution in [-0.2, 0) is 4.79 Å². The molecule has 9 nitrogen and oxygen atoms in total. The highest BCUT2D eigenvalue weighted by Gasteiger charge is 2.31. The molecule has 1 fully saturated rings. The number of aromatic nitrogens is 3. The first-order valence-corrected chi connectivity index (χ1v) is 11.1. The van der Waals surface area contributed by atoms with Crippen LogP contribution in [0, 0.1) is 0 Å². The molecule has 0 saturated carbocycles. The Balaban J connectivity index is 1.62. The molecule has 3 aromatic rings. The van der Waals surface area contributed by atoms with Crippen molar-refractivity contribution in [1.29, 1.82) is 0 Å². The van der Waals surface area contributed by atoms with Gasteiger partial charge in [0.1, 0.15) is 6.61 Å². The average molecular weight is 446 g/mol. The van der Waals surface area contributed by atoms with Crippen molar-refractivity contribution in [3.63, 3.8) is 0 Å². The summed E-state index contributed by atoms with van der Waals surface area (Å²) in [6.07, 6.45) is 6.54. The molecule has 1 unspecified atom stereocenters. The molecule has 4 bridgehead atoms. The number of hydrogen-bond acceptors (Lipinski definition) is 7. The number of allylic oxidation sites excluding steroid dienone is 1. The monoisotopic (exact) mass is 445 g/mol. The van der Waals surface area contributed by atoms with E-state index in [2.05, 4.69) is 16.5 Å². The summed E-state index contributed by atoms with van der Waals surface area (Å²) in [5.74, 6) is 0.686. The third-order valence-corrected chi connectivity index (χ3v) is 6.25. The molecule has 2 aliphatic heterocycles. The quantitative estimate of drug-likeness (QED) is 0.587. The smallest absolute Gasteiger partial charge is 0.223 e. The standard InChI is InChI=1S/C24H27N7O2/c1-15(12-25)16(2)28-19-10-17-9-18(11-19)26-6-8-30-20(3-4-23(30)32)14-33-22-5-7-31-24(29-22)21(17)13-27-31/h5,7,9-13,20,26H,3-4,6,8,14,25H2,1-2H3/b15-12-,28-16?. The van der Waals surface area contributed by atoms with Gasteiger partial charge in [-0.1, -0.05) is 0 Å². The number of nitrogens with two attached hydrogens (primary N) is 1. The molecule has 1 aromatic carbocycles. The van der Waals surface area contributed by atoms with Gasteiger partial charge in [-0.2, -0.15) is 10.1 Å². The van der Waals surface area contributed by atoms with Gasteiger partial charge < -0.3 is 20.7 Å². The molecule has 1 saturated heterocycles. The van der Waals surface area contributed by atoms with Gasteiger partial charge in [0.05, 0.1) is 17.9 Å². The zero-order chi connectivity index (χ0) is 22.9. The van der Waals surface area contributed by atoms with Crippen molar-refractivity contribution < 1.29 is 9.53 Å². The second kappa shape index (κ2) is 8.57. The van der Waals surface area contributed by atoms with Crippen molar-refractivity contribution in [2.45, 2.75) is 32.7 Å². The topological polar surface area (TPSA) is 110 Å². The Labute approximate surface area is 192 Å². The minimum atomic E-state index is 0.0461. The molecule has 170 valence electrons. The zero-order valence-corrected chi connectivity index (χ0v) is 18.8. The highest BCUT2D eigenvalue weighted by atomic mass is 16.5. The summed E-state index contributed by atoms with van der Waals surface area (Å²) in [5, 5.41) is 7.93. The van der Waals surface area contributed by atoms with Gasteiger partial charge >= 0.3 is 0 Å². The molecule has 33 heavy (non-hydrogen) atoms. The van der Waals surface area contributed by atoms with Crippen LogP contribution in [0.15, 0.2) is 53.4 Å². The van der Waals surface area contributed by atoms with E-state index < -0.39 is 0 Å². The summed E-state index contributed by atoms with van der Waals surface area (Å²) < 4.78 is 7.74. The normalized spacial score (nSPS) is 19.3. The number of aliphatic imine (C=N–C) groups is 1. The number of carbonyl (C=O) groups excluding carboxylic acids is 1. The number of benzene rings is 1. The summed E-state index contributed by atoms with van der Waals surface area (Å²) in [4.78, 5) is 23.8. The van der Waals surface area contributed by atoms with E-state index in [1.807, 2.05) is 37.1 Å². The maximum absolute atomic E-state index is 12.4. The molecule has 9 heteroatoms. The van der Waals surface area contributed by atoms with Crippen LogP contribution in [0.25, 0.3) is 16.8 Å². The minimum Gasteiger partial charge on any atom is -0.475 e. The molecule has 4 heterocycles. The summed E-state index contributed by atoms with van der Waals surface area (Å²) in [6, 6.07) is 7.91. The van der Waals surface area contributed by atoms with Crippen molar-refractivity contribution in [1.82, 2.24) is 19.5 Å². The molecule has 3 N–H and O–H groups in total. The van der Waals surface area contributed by atoms with E-state index >= 15 is 0 Å². The van der Waals surface area contributed by atoms with Gasteiger partial charge in [0.15, 0.2) is 5.65 Å². The Morgan fingerprint density at radius 3 is 3.06 bits per heavy atom. The van der Waals surface area contributed by atoms with Crippen LogP contribution in [0.3, 0.4) is 0 Å². The first-order chi connectivity index (χ1) is 16.0. The number of carbonyl (C=O) groups is 1. The van der Waals surface area contributed by atoms with Gasteiger partial charge in [-0.25, -0.2) is 4.52 Å². The zero-order valence-electron chi connectivity index (χ0n) is 18.8. The second-order valence-electron chi connectivity index (χ2n) is 8.43. The van der Waals surface area contributed by atoms with Crippen molar-refractivity contribution in [3.8, 4) is 17.0 Å². The van der Waals surface area contributed by atoms with Gasteiger partial charge in [0.25, 0.3) is 0 Å². The van der Waals surface area contributed by atoms with E-state index in [0.717, 1.165) is 40.2 Å². The third kappa shape index (κ3) is 4.13. The average Bonchev–Trinajstić information content (AvgIpc) is 3.39. The van der Waals surface area contributed by atoms with E-state index in [0.29, 0.717) is 37.6 Å². The number of hydrogen-bond donors (Lipinski definition) is 2. The Kier molecular flexibility index (Phi) is 5.45. The van der Waals surface area contributed by atoms with Crippen LogP contribution >= 0.6 is 0 Å². The number of nitrogens with one attached hydrogen (secondary N) is 1. The Hall–Kier alpha value is -3.88. The predicted molar refractivity (Wildman–Crippen MR) is 128 cm³/mol. The number of amides is 1. The summed E-state index contributed by atoms with van der Waals surface area (Å²) >= 11 is 0. The summed E-state index contributed by atoms with van der Waals surface area (Å²) in [5.41, 5.74) is 11.7. The molecule has 1 amide bonds. The predicted octanol–water partition coefficient (Wildman–Crippen LogP) is 3.15. The van der Waals surface area contributed by atoms with Crippen LogP contribution in [0.1, 0.15) is 26.7 Å². The fourth-order valence-electron chi connectivity index (χ4n) is 4.25. The molecule has 0 aliphatic carbocycles. The van der Waals surface area contributed by atoms with E-state index in [-0.39, 0.29) is 11.9 Å². The second-order valence-corrected chi connectivity index (χ2v) is 8.43. The Morgan fingerprint density at radius 1 is 1.33 bits per heavy atom. The van der Waals surface area contributed by atoms with Gasteiger partial charge in [-0.05, 0) is 55.8 Å². The van der Waals surface area contributed by atoms with Crippen molar-refractivity contribution in [2.24, 2.45) is 10.7 Å². The molecule has 2 aliphatic rings. The fraction of sp³-hybridized carbons (Fsp3) is 0.333. The summed E-state index contributed by atoms with van der Waals surface area (Å²) in [7, 11) is 0. The van der Waals surface area contributed by atoms with Crippen LogP contribution < -0.4 is 15.8 Å². The van der Waals surface area contributed by atoms with Gasteiger partial charge in [0, 0.05) is 48.7 Å². The number of anilines is 1. The largest absolute Gasteiger partial charge is 0.475 e. The van der Waals surface area contributed by atoms with E-state index in [9.17, 15) is 4.79 Å². The van der Waals surface area contributed by atoms with Crippen molar-refractivity contribution in [3.05, 3.63) is 48.4 Å².